The van der Waals surface area contributed by atoms with Gasteiger partial charge in [0.15, 0.2) is 0 Å². The number of nitrogens with one attached hydrogen (secondary N) is 1. The fourth-order valence-electron chi connectivity index (χ4n) is 1.47. The van der Waals surface area contributed by atoms with Crippen molar-refractivity contribution < 1.29 is 9.90 Å². The van der Waals surface area contributed by atoms with E-state index in [9.17, 15) is 4.79 Å². The average Bonchev–Trinajstić information content (AvgIpc) is 2.11. The first-order valence-corrected chi connectivity index (χ1v) is 5.17. The molecular formula is C10H22N2O2. The topological polar surface area (TPSA) is 52.6 Å². The van der Waals surface area contributed by atoms with Crippen LogP contribution in [0.1, 0.15) is 27.2 Å². The van der Waals surface area contributed by atoms with Crippen LogP contribution in [0.5, 0.6) is 0 Å². The number of carbonyl (C=O) groups is 1. The summed E-state index contributed by atoms with van der Waals surface area (Å²) >= 11 is 0. The molecule has 0 aliphatic carbocycles. The van der Waals surface area contributed by atoms with Crippen LogP contribution in [0.4, 0.5) is 0 Å². The van der Waals surface area contributed by atoms with Gasteiger partial charge >= 0.3 is 5.97 Å². The third-order valence-electron chi connectivity index (χ3n) is 2.49. The van der Waals surface area contributed by atoms with Crippen molar-refractivity contribution in [3.05, 3.63) is 0 Å². The Hall–Kier alpha value is -0.610. The third kappa shape index (κ3) is 4.58. The summed E-state index contributed by atoms with van der Waals surface area (Å²) in [6.45, 7) is 8.13. The van der Waals surface area contributed by atoms with Crippen LogP contribution in [0.15, 0.2) is 0 Å². The van der Waals surface area contributed by atoms with E-state index in [1.165, 1.54) is 0 Å². The molecule has 0 aliphatic rings. The summed E-state index contributed by atoms with van der Waals surface area (Å²) < 4.78 is 0. The van der Waals surface area contributed by atoms with E-state index in [1.54, 1.807) is 7.05 Å². The van der Waals surface area contributed by atoms with Crippen LogP contribution < -0.4 is 5.32 Å². The van der Waals surface area contributed by atoms with E-state index in [1.807, 2.05) is 0 Å². The molecule has 0 bridgehead atoms. The zero-order valence-electron chi connectivity index (χ0n) is 9.58. The van der Waals surface area contributed by atoms with E-state index in [4.69, 9.17) is 5.11 Å². The summed E-state index contributed by atoms with van der Waals surface area (Å²) in [6, 6.07) is 0.0501. The Morgan fingerprint density at radius 2 is 2.07 bits per heavy atom. The molecule has 0 aromatic carbocycles. The molecule has 0 radical (unpaired) electrons. The van der Waals surface area contributed by atoms with Crippen molar-refractivity contribution in [1.29, 1.82) is 0 Å². The summed E-state index contributed by atoms with van der Waals surface area (Å²) in [6.07, 6.45) is 0.651. The molecular weight excluding hydrogens is 180 g/mol. The van der Waals surface area contributed by atoms with Crippen LogP contribution >= 0.6 is 0 Å². The second kappa shape index (κ2) is 6.79. The Kier molecular flexibility index (Phi) is 6.49. The lowest BCUT2D eigenvalue weighted by molar-refractivity contribution is -0.139. The molecule has 2 N–H and O–H groups in total. The minimum absolute atomic E-state index is 0.428. The highest BCUT2D eigenvalue weighted by atomic mass is 16.4. The lowest BCUT2D eigenvalue weighted by Crippen LogP contribution is -2.39. The lowest BCUT2D eigenvalue weighted by Gasteiger charge is -2.25. The Balaban J connectivity index is 3.94. The molecule has 0 aromatic heterocycles. The first-order valence-electron chi connectivity index (χ1n) is 5.17. The predicted molar refractivity (Wildman–Crippen MR) is 57.5 cm³/mol. The van der Waals surface area contributed by atoms with E-state index < -0.39 is 12.0 Å². The summed E-state index contributed by atoms with van der Waals surface area (Å²) in [7, 11) is 1.68. The number of hydrogen-bond acceptors (Lipinski definition) is 3. The Labute approximate surface area is 86.3 Å². The molecule has 0 saturated carbocycles. The Morgan fingerprint density at radius 3 is 2.36 bits per heavy atom. The van der Waals surface area contributed by atoms with Crippen molar-refractivity contribution in [2.24, 2.45) is 0 Å². The smallest absolute Gasteiger partial charge is 0.320 e. The highest BCUT2D eigenvalue weighted by Crippen LogP contribution is 2.01. The largest absolute Gasteiger partial charge is 0.480 e. The Bertz CT molecular complexity index is 172. The minimum Gasteiger partial charge on any atom is -0.480 e. The molecule has 0 fully saturated rings. The van der Waals surface area contributed by atoms with Gasteiger partial charge in [0, 0.05) is 12.6 Å². The van der Waals surface area contributed by atoms with Gasteiger partial charge in [-0.1, -0.05) is 6.92 Å². The predicted octanol–water partition coefficient (Wildman–Crippen LogP) is 0.779. The summed E-state index contributed by atoms with van der Waals surface area (Å²) in [5.74, 6) is -0.771. The monoisotopic (exact) mass is 202 g/mol. The first kappa shape index (κ1) is 13.4. The molecule has 1 atom stereocenters. The zero-order valence-corrected chi connectivity index (χ0v) is 9.58. The van der Waals surface area contributed by atoms with Gasteiger partial charge in [0.05, 0.1) is 0 Å². The number of carboxylic acids is 1. The van der Waals surface area contributed by atoms with E-state index in [0.717, 1.165) is 13.1 Å². The van der Waals surface area contributed by atoms with Crippen molar-refractivity contribution in [1.82, 2.24) is 10.2 Å². The maximum Gasteiger partial charge on any atom is 0.320 e. The summed E-state index contributed by atoms with van der Waals surface area (Å²) in [5, 5.41) is 11.6. The molecule has 0 amide bonds. The first-order chi connectivity index (χ1) is 6.52. The number of aliphatic carboxylic acids is 1. The second-order valence-electron chi connectivity index (χ2n) is 3.69. The zero-order chi connectivity index (χ0) is 11.1. The lowest BCUT2D eigenvalue weighted by atomic mass is 10.2. The van der Waals surface area contributed by atoms with Gasteiger partial charge < -0.3 is 15.3 Å². The maximum absolute atomic E-state index is 10.7. The summed E-state index contributed by atoms with van der Waals surface area (Å²) in [4.78, 5) is 13.0. The number of carboxylic acid groups (broad SMARTS) is 1. The SMILES string of the molecule is CCN(CCC(NC)C(=O)O)C(C)C. The van der Waals surface area contributed by atoms with E-state index >= 15 is 0 Å². The van der Waals surface area contributed by atoms with Crippen LogP contribution in [-0.2, 0) is 4.79 Å². The minimum atomic E-state index is -0.771. The van der Waals surface area contributed by atoms with Crippen molar-refractivity contribution in [2.45, 2.75) is 39.3 Å². The average molecular weight is 202 g/mol. The third-order valence-corrected chi connectivity index (χ3v) is 2.49. The second-order valence-corrected chi connectivity index (χ2v) is 3.69. The molecule has 14 heavy (non-hydrogen) atoms. The van der Waals surface area contributed by atoms with Gasteiger partial charge in [-0.15, -0.1) is 0 Å². The molecule has 0 aromatic rings. The van der Waals surface area contributed by atoms with Crippen molar-refractivity contribution in [3.63, 3.8) is 0 Å². The van der Waals surface area contributed by atoms with Crippen molar-refractivity contribution >= 4 is 5.97 Å². The highest BCUT2D eigenvalue weighted by molar-refractivity contribution is 5.73. The molecule has 1 unspecified atom stereocenters. The molecule has 4 heteroatoms. The standard InChI is InChI=1S/C10H22N2O2/c1-5-12(8(2)3)7-6-9(11-4)10(13)14/h8-9,11H,5-7H2,1-4H3,(H,13,14). The normalized spacial score (nSPS) is 13.6. The number of hydrogen-bond donors (Lipinski definition) is 2. The van der Waals surface area contributed by atoms with Gasteiger partial charge in [-0.05, 0) is 33.9 Å². The van der Waals surface area contributed by atoms with Crippen LogP contribution in [0, 0.1) is 0 Å². The fraction of sp³-hybridized carbons (Fsp3) is 0.900. The quantitative estimate of drug-likeness (QED) is 0.640. The number of rotatable bonds is 7. The van der Waals surface area contributed by atoms with Crippen molar-refractivity contribution in [2.75, 3.05) is 20.1 Å². The number of likely N-dealkylation sites (N-methyl/N-ethyl adjacent to an activating group) is 1. The van der Waals surface area contributed by atoms with E-state index in [2.05, 4.69) is 31.0 Å². The molecule has 0 rings (SSSR count). The molecule has 4 nitrogen and oxygen atoms in total. The van der Waals surface area contributed by atoms with Crippen LogP contribution in [0.25, 0.3) is 0 Å². The fourth-order valence-corrected chi connectivity index (χ4v) is 1.47. The van der Waals surface area contributed by atoms with Gasteiger partial charge in [-0.3, -0.25) is 4.79 Å². The molecule has 0 spiro atoms. The van der Waals surface area contributed by atoms with E-state index in [0.29, 0.717) is 12.5 Å². The molecule has 0 heterocycles. The highest BCUT2D eigenvalue weighted by Gasteiger charge is 2.16. The maximum atomic E-state index is 10.7. The van der Waals surface area contributed by atoms with Crippen LogP contribution in [0.2, 0.25) is 0 Å². The van der Waals surface area contributed by atoms with Gasteiger partial charge in [-0.25, -0.2) is 0 Å². The van der Waals surface area contributed by atoms with E-state index in [-0.39, 0.29) is 0 Å². The summed E-state index contributed by atoms with van der Waals surface area (Å²) in [5.41, 5.74) is 0. The molecule has 0 aliphatic heterocycles. The number of nitrogens with zero attached hydrogens (tertiary/aromatic N) is 1. The van der Waals surface area contributed by atoms with Crippen LogP contribution in [0.3, 0.4) is 0 Å². The van der Waals surface area contributed by atoms with Crippen LogP contribution in [-0.4, -0.2) is 48.2 Å². The Morgan fingerprint density at radius 1 is 1.50 bits per heavy atom. The van der Waals surface area contributed by atoms with Gasteiger partial charge in [0.25, 0.3) is 0 Å². The molecule has 84 valence electrons. The molecule has 0 saturated heterocycles. The van der Waals surface area contributed by atoms with Gasteiger partial charge in [0.1, 0.15) is 6.04 Å². The van der Waals surface area contributed by atoms with Gasteiger partial charge in [0.2, 0.25) is 0 Å². The van der Waals surface area contributed by atoms with Crippen molar-refractivity contribution in [3.8, 4) is 0 Å². The van der Waals surface area contributed by atoms with Gasteiger partial charge in [-0.2, -0.15) is 0 Å².